The van der Waals surface area contributed by atoms with Gasteiger partial charge in [-0.3, -0.25) is 4.79 Å². The van der Waals surface area contributed by atoms with Crippen LogP contribution < -0.4 is 0 Å². The van der Waals surface area contributed by atoms with Crippen molar-refractivity contribution >= 4 is 5.78 Å². The molecule has 11 heavy (non-hydrogen) atoms. The van der Waals surface area contributed by atoms with E-state index in [-0.39, 0.29) is 5.78 Å². The number of hydrogen-bond donors (Lipinski definition) is 1. The van der Waals surface area contributed by atoms with Gasteiger partial charge in [0.25, 0.3) is 0 Å². The lowest BCUT2D eigenvalue weighted by molar-refractivity contribution is -0.137. The quantitative estimate of drug-likeness (QED) is 0.579. The van der Waals surface area contributed by atoms with E-state index in [2.05, 4.69) is 0 Å². The minimum absolute atomic E-state index is 0.0252. The minimum Gasteiger partial charge on any atom is -0.382 e. The average molecular weight is 156 g/mol. The molecule has 1 fully saturated rings. The van der Waals surface area contributed by atoms with Crippen LogP contribution in [0, 0.1) is 0 Å². The van der Waals surface area contributed by atoms with E-state index in [0.717, 1.165) is 25.7 Å². The molecule has 64 valence electrons. The van der Waals surface area contributed by atoms with Crippen molar-refractivity contribution in [3.63, 3.8) is 0 Å². The highest BCUT2D eigenvalue weighted by Gasteiger charge is 2.29. The Balaban J connectivity index is 2.54. The topological polar surface area (TPSA) is 37.3 Å². The number of hydrogen-bond acceptors (Lipinski definition) is 2. The van der Waals surface area contributed by atoms with Crippen LogP contribution in [0.2, 0.25) is 0 Å². The predicted molar refractivity (Wildman–Crippen MR) is 43.3 cm³/mol. The molecule has 0 aliphatic heterocycles. The minimum atomic E-state index is -1.03. The normalized spacial score (nSPS) is 34.5. The summed E-state index contributed by atoms with van der Waals surface area (Å²) >= 11 is 0. The monoisotopic (exact) mass is 156 g/mol. The molecule has 0 amide bonds. The van der Waals surface area contributed by atoms with Crippen molar-refractivity contribution < 1.29 is 9.90 Å². The number of rotatable bonds is 0. The van der Waals surface area contributed by atoms with Gasteiger partial charge in [0.15, 0.2) is 5.78 Å². The van der Waals surface area contributed by atoms with Gasteiger partial charge < -0.3 is 5.11 Å². The largest absolute Gasteiger partial charge is 0.382 e. The van der Waals surface area contributed by atoms with Gasteiger partial charge in [0, 0.05) is 6.42 Å². The molecule has 1 saturated carbocycles. The summed E-state index contributed by atoms with van der Waals surface area (Å²) in [6, 6.07) is 0. The van der Waals surface area contributed by atoms with E-state index in [1.165, 1.54) is 0 Å². The van der Waals surface area contributed by atoms with Crippen LogP contribution in [-0.4, -0.2) is 16.5 Å². The lowest BCUT2D eigenvalue weighted by Crippen LogP contribution is -2.35. The molecule has 0 aromatic carbocycles. The van der Waals surface area contributed by atoms with E-state index in [4.69, 9.17) is 0 Å². The lowest BCUT2D eigenvalue weighted by atomic mass is 9.88. The fourth-order valence-corrected chi connectivity index (χ4v) is 1.52. The molecule has 0 aromatic heterocycles. The molecule has 2 nitrogen and oxygen atoms in total. The summed E-state index contributed by atoms with van der Waals surface area (Å²) in [7, 11) is 0. The third kappa shape index (κ3) is 2.29. The molecule has 0 heterocycles. The Bertz CT molecular complexity index is 150. The second-order valence-electron chi connectivity index (χ2n) is 3.61. The van der Waals surface area contributed by atoms with Gasteiger partial charge in [-0.15, -0.1) is 0 Å². The summed E-state index contributed by atoms with van der Waals surface area (Å²) < 4.78 is 0. The Morgan fingerprint density at radius 3 is 2.64 bits per heavy atom. The molecule has 1 aliphatic carbocycles. The fourth-order valence-electron chi connectivity index (χ4n) is 1.52. The van der Waals surface area contributed by atoms with E-state index < -0.39 is 5.60 Å². The summed E-state index contributed by atoms with van der Waals surface area (Å²) in [5.74, 6) is 0.0252. The molecule has 0 radical (unpaired) electrons. The average Bonchev–Trinajstić information content (AvgIpc) is 1.93. The SMILES string of the molecule is C[C@@]1(O)CCCCCCC1=O. The van der Waals surface area contributed by atoms with Crippen molar-refractivity contribution in [1.29, 1.82) is 0 Å². The van der Waals surface area contributed by atoms with Gasteiger partial charge in [-0.05, 0) is 19.8 Å². The maximum absolute atomic E-state index is 11.2. The summed E-state index contributed by atoms with van der Waals surface area (Å²) in [5.41, 5.74) is -1.03. The molecular formula is C9H16O2. The van der Waals surface area contributed by atoms with E-state index in [0.29, 0.717) is 12.8 Å². The maximum Gasteiger partial charge on any atom is 0.164 e. The first-order chi connectivity index (χ1) is 5.13. The van der Waals surface area contributed by atoms with Gasteiger partial charge in [-0.25, -0.2) is 0 Å². The number of ketones is 1. The van der Waals surface area contributed by atoms with Crippen molar-refractivity contribution in [2.45, 2.75) is 51.0 Å². The van der Waals surface area contributed by atoms with Crippen LogP contribution in [0.3, 0.4) is 0 Å². The smallest absolute Gasteiger partial charge is 0.164 e. The second kappa shape index (κ2) is 3.35. The van der Waals surface area contributed by atoms with Crippen molar-refractivity contribution in [2.24, 2.45) is 0 Å². The van der Waals surface area contributed by atoms with Crippen LogP contribution in [0.5, 0.6) is 0 Å². The van der Waals surface area contributed by atoms with Crippen molar-refractivity contribution in [3.05, 3.63) is 0 Å². The molecule has 2 heteroatoms. The zero-order valence-corrected chi connectivity index (χ0v) is 7.10. The Kier molecular flexibility index (Phi) is 2.66. The molecule has 0 unspecified atom stereocenters. The second-order valence-corrected chi connectivity index (χ2v) is 3.61. The van der Waals surface area contributed by atoms with Crippen molar-refractivity contribution in [3.8, 4) is 0 Å². The zero-order valence-electron chi connectivity index (χ0n) is 7.10. The van der Waals surface area contributed by atoms with Gasteiger partial charge in [-0.1, -0.05) is 19.3 Å². The Hall–Kier alpha value is -0.370. The number of Topliss-reactive ketones (excluding diaryl/α,β-unsaturated/α-hetero) is 1. The Morgan fingerprint density at radius 2 is 1.91 bits per heavy atom. The molecule has 0 bridgehead atoms. The Labute approximate surface area is 67.6 Å². The van der Waals surface area contributed by atoms with Crippen molar-refractivity contribution in [2.75, 3.05) is 0 Å². The van der Waals surface area contributed by atoms with E-state index in [1.807, 2.05) is 0 Å². The molecule has 0 aromatic rings. The molecule has 1 atom stereocenters. The van der Waals surface area contributed by atoms with Crippen LogP contribution in [0.25, 0.3) is 0 Å². The standard InChI is InChI=1S/C9H16O2/c1-9(11)7-5-3-2-4-6-8(9)10/h11H,2-7H2,1H3/t9-/m1/s1. The molecule has 1 aliphatic rings. The first-order valence-electron chi connectivity index (χ1n) is 4.38. The Morgan fingerprint density at radius 1 is 1.27 bits per heavy atom. The van der Waals surface area contributed by atoms with Crippen LogP contribution in [0.1, 0.15) is 45.4 Å². The van der Waals surface area contributed by atoms with Crippen LogP contribution in [-0.2, 0) is 4.79 Å². The van der Waals surface area contributed by atoms with Gasteiger partial charge in [0.05, 0.1) is 0 Å². The summed E-state index contributed by atoms with van der Waals surface area (Å²) in [6.07, 6.45) is 5.44. The highest BCUT2D eigenvalue weighted by atomic mass is 16.3. The molecule has 1 N–H and O–H groups in total. The maximum atomic E-state index is 11.2. The number of carbonyl (C=O) groups is 1. The molecule has 0 saturated heterocycles. The van der Waals surface area contributed by atoms with Crippen molar-refractivity contribution in [1.82, 2.24) is 0 Å². The summed E-state index contributed by atoms with van der Waals surface area (Å²) in [4.78, 5) is 11.2. The van der Waals surface area contributed by atoms with E-state index >= 15 is 0 Å². The van der Waals surface area contributed by atoms with Gasteiger partial charge in [0.1, 0.15) is 5.60 Å². The zero-order chi connectivity index (χ0) is 8.32. The summed E-state index contributed by atoms with van der Waals surface area (Å²) in [6.45, 7) is 1.64. The van der Waals surface area contributed by atoms with Gasteiger partial charge in [0.2, 0.25) is 0 Å². The molecule has 0 spiro atoms. The van der Waals surface area contributed by atoms with E-state index in [9.17, 15) is 9.90 Å². The van der Waals surface area contributed by atoms with Crippen LogP contribution >= 0.6 is 0 Å². The highest BCUT2D eigenvalue weighted by Crippen LogP contribution is 2.22. The van der Waals surface area contributed by atoms with Gasteiger partial charge in [-0.2, -0.15) is 0 Å². The molecule has 1 rings (SSSR count). The third-order valence-electron chi connectivity index (χ3n) is 2.42. The van der Waals surface area contributed by atoms with Gasteiger partial charge >= 0.3 is 0 Å². The lowest BCUT2D eigenvalue weighted by Gasteiger charge is -2.23. The summed E-state index contributed by atoms with van der Waals surface area (Å²) in [5, 5.41) is 9.60. The number of carbonyl (C=O) groups excluding carboxylic acids is 1. The number of aliphatic hydroxyl groups is 1. The predicted octanol–water partition coefficient (Wildman–Crippen LogP) is 1.66. The molecular weight excluding hydrogens is 140 g/mol. The third-order valence-corrected chi connectivity index (χ3v) is 2.42. The highest BCUT2D eigenvalue weighted by molar-refractivity contribution is 5.86. The fraction of sp³-hybridized carbons (Fsp3) is 0.889. The van der Waals surface area contributed by atoms with Crippen LogP contribution in [0.15, 0.2) is 0 Å². The van der Waals surface area contributed by atoms with Crippen LogP contribution in [0.4, 0.5) is 0 Å². The first-order valence-corrected chi connectivity index (χ1v) is 4.38. The van der Waals surface area contributed by atoms with E-state index in [1.54, 1.807) is 6.92 Å². The first kappa shape index (κ1) is 8.72.